The Hall–Kier alpha value is -2.58. The van der Waals surface area contributed by atoms with Crippen LogP contribution in [0.2, 0.25) is 0 Å². The summed E-state index contributed by atoms with van der Waals surface area (Å²) in [5.41, 5.74) is 1.57. The van der Waals surface area contributed by atoms with E-state index in [-0.39, 0.29) is 22.1 Å². The number of nitrogens with two attached hydrogens (primary N) is 1. The van der Waals surface area contributed by atoms with Gasteiger partial charge in [0.1, 0.15) is 4.90 Å². The second-order valence-corrected chi connectivity index (χ2v) is 8.62. The Bertz CT molecular complexity index is 1040. The number of hydrogen-bond acceptors (Lipinski definition) is 6. The molecule has 1 aliphatic carbocycles. The van der Waals surface area contributed by atoms with Crippen molar-refractivity contribution in [3.05, 3.63) is 60.2 Å². The lowest BCUT2D eigenvalue weighted by atomic mass is 10.1. The van der Waals surface area contributed by atoms with Crippen LogP contribution in [0.4, 0.5) is 0 Å². The molecule has 2 heterocycles. The summed E-state index contributed by atoms with van der Waals surface area (Å²) in [5.74, 6) is 1.22. The molecule has 7 nitrogen and oxygen atoms in total. The smallest absolute Gasteiger partial charge is 0.239 e. The Kier molecular flexibility index (Phi) is 3.71. The minimum atomic E-state index is -3.75. The Labute approximate surface area is 151 Å². The summed E-state index contributed by atoms with van der Waals surface area (Å²) < 4.78 is 28.3. The molecule has 0 aliphatic heterocycles. The molecule has 1 fully saturated rings. The monoisotopic (exact) mass is 370 g/mol. The number of sulfonamides is 1. The number of primary sulfonamides is 1. The lowest BCUT2D eigenvalue weighted by Crippen LogP contribution is -2.12. The predicted octanol–water partition coefficient (Wildman–Crippen LogP) is 2.69. The number of benzene rings is 1. The maximum absolute atomic E-state index is 11.4. The SMILES string of the molecule is CC1(C)C(c2ccc(S(N)(=O)=O)cn2)C1c1nc(-c2ccccc2)no1. The van der Waals surface area contributed by atoms with E-state index in [9.17, 15) is 8.42 Å². The lowest BCUT2D eigenvalue weighted by Gasteiger charge is -2.03. The highest BCUT2D eigenvalue weighted by Crippen LogP contribution is 2.69. The summed E-state index contributed by atoms with van der Waals surface area (Å²) in [4.78, 5) is 8.84. The quantitative estimate of drug-likeness (QED) is 0.755. The maximum Gasteiger partial charge on any atom is 0.239 e. The second kappa shape index (κ2) is 5.72. The molecule has 8 heteroatoms. The summed E-state index contributed by atoms with van der Waals surface area (Å²) >= 11 is 0. The van der Waals surface area contributed by atoms with Crippen LogP contribution in [0.5, 0.6) is 0 Å². The van der Waals surface area contributed by atoms with E-state index in [1.807, 2.05) is 30.3 Å². The first kappa shape index (κ1) is 16.9. The van der Waals surface area contributed by atoms with Crippen molar-refractivity contribution in [3.8, 4) is 11.4 Å². The van der Waals surface area contributed by atoms with Gasteiger partial charge >= 0.3 is 0 Å². The molecule has 2 N–H and O–H groups in total. The van der Waals surface area contributed by atoms with Crippen LogP contribution in [-0.2, 0) is 10.0 Å². The Morgan fingerprint density at radius 1 is 1.08 bits per heavy atom. The van der Waals surface area contributed by atoms with E-state index >= 15 is 0 Å². The van der Waals surface area contributed by atoms with Crippen molar-refractivity contribution in [1.29, 1.82) is 0 Å². The minimum Gasteiger partial charge on any atom is -0.339 e. The number of nitrogens with zero attached hydrogens (tertiary/aromatic N) is 3. The molecular weight excluding hydrogens is 352 g/mol. The van der Waals surface area contributed by atoms with E-state index in [4.69, 9.17) is 9.66 Å². The van der Waals surface area contributed by atoms with Gasteiger partial charge in [0.25, 0.3) is 0 Å². The average molecular weight is 370 g/mol. The van der Waals surface area contributed by atoms with Gasteiger partial charge in [-0.05, 0) is 17.5 Å². The van der Waals surface area contributed by atoms with Crippen LogP contribution in [0.15, 0.2) is 58.1 Å². The van der Waals surface area contributed by atoms with Gasteiger partial charge < -0.3 is 4.52 Å². The van der Waals surface area contributed by atoms with Gasteiger partial charge in [-0.15, -0.1) is 0 Å². The summed E-state index contributed by atoms with van der Waals surface area (Å²) in [6, 6.07) is 12.8. The van der Waals surface area contributed by atoms with Crippen molar-refractivity contribution in [2.24, 2.45) is 10.6 Å². The van der Waals surface area contributed by atoms with E-state index in [0.29, 0.717) is 11.7 Å². The van der Waals surface area contributed by atoms with Crippen molar-refractivity contribution in [3.63, 3.8) is 0 Å². The van der Waals surface area contributed by atoms with Crippen molar-refractivity contribution in [2.45, 2.75) is 30.6 Å². The van der Waals surface area contributed by atoms with Crippen LogP contribution in [0, 0.1) is 5.41 Å². The van der Waals surface area contributed by atoms with Crippen LogP contribution in [0.25, 0.3) is 11.4 Å². The van der Waals surface area contributed by atoms with E-state index in [0.717, 1.165) is 11.3 Å². The zero-order valence-corrected chi connectivity index (χ0v) is 15.1. The normalized spacial score (nSPS) is 21.5. The fourth-order valence-electron chi connectivity index (χ4n) is 3.46. The van der Waals surface area contributed by atoms with Crippen LogP contribution in [0.3, 0.4) is 0 Å². The first-order valence-corrected chi connectivity index (χ1v) is 9.71. The molecule has 26 heavy (non-hydrogen) atoms. The zero-order valence-electron chi connectivity index (χ0n) is 14.3. The summed E-state index contributed by atoms with van der Waals surface area (Å²) in [7, 11) is -3.75. The van der Waals surface area contributed by atoms with E-state index in [2.05, 4.69) is 29.0 Å². The Morgan fingerprint density at radius 2 is 1.81 bits per heavy atom. The third kappa shape index (κ3) is 2.81. The summed E-state index contributed by atoms with van der Waals surface area (Å²) in [6.45, 7) is 4.20. The third-order valence-corrected chi connectivity index (χ3v) is 5.87. The third-order valence-electron chi connectivity index (χ3n) is 4.97. The molecule has 0 radical (unpaired) electrons. The molecule has 0 amide bonds. The Balaban J connectivity index is 1.62. The van der Waals surface area contributed by atoms with E-state index in [1.54, 1.807) is 6.07 Å². The van der Waals surface area contributed by atoms with Gasteiger partial charge in [-0.3, -0.25) is 4.98 Å². The fourth-order valence-corrected chi connectivity index (χ4v) is 3.92. The van der Waals surface area contributed by atoms with Crippen molar-refractivity contribution < 1.29 is 12.9 Å². The van der Waals surface area contributed by atoms with Gasteiger partial charge in [0.15, 0.2) is 0 Å². The molecule has 134 valence electrons. The predicted molar refractivity (Wildman–Crippen MR) is 94.6 cm³/mol. The number of aromatic nitrogens is 3. The van der Waals surface area contributed by atoms with Gasteiger partial charge in [-0.2, -0.15) is 4.98 Å². The standard InChI is InChI=1S/C18H18N4O3S/c1-18(2)14(13-9-8-12(10-20-13)26(19,23)24)15(18)17-21-16(22-25-17)11-6-4-3-5-7-11/h3-10,14-15H,1-2H3,(H2,19,23,24). The molecule has 0 bridgehead atoms. The second-order valence-electron chi connectivity index (χ2n) is 7.06. The average Bonchev–Trinajstić information content (AvgIpc) is 2.95. The van der Waals surface area contributed by atoms with Crippen molar-refractivity contribution >= 4 is 10.0 Å². The molecule has 1 saturated carbocycles. The molecule has 2 unspecified atom stereocenters. The Morgan fingerprint density at radius 3 is 2.42 bits per heavy atom. The number of rotatable bonds is 4. The van der Waals surface area contributed by atoms with Crippen LogP contribution >= 0.6 is 0 Å². The van der Waals surface area contributed by atoms with Gasteiger partial charge in [0, 0.05) is 23.4 Å². The first-order valence-electron chi connectivity index (χ1n) is 8.16. The van der Waals surface area contributed by atoms with E-state index < -0.39 is 10.0 Å². The largest absolute Gasteiger partial charge is 0.339 e. The molecule has 0 spiro atoms. The van der Waals surface area contributed by atoms with Crippen molar-refractivity contribution in [1.82, 2.24) is 15.1 Å². The fraction of sp³-hybridized carbons (Fsp3) is 0.278. The van der Waals surface area contributed by atoms with E-state index in [1.165, 1.54) is 12.3 Å². The van der Waals surface area contributed by atoms with Crippen molar-refractivity contribution in [2.75, 3.05) is 0 Å². The molecule has 0 saturated heterocycles. The molecule has 1 aliphatic rings. The first-order chi connectivity index (χ1) is 12.3. The zero-order chi connectivity index (χ0) is 18.5. The molecule has 2 atom stereocenters. The molecule has 1 aromatic carbocycles. The van der Waals surface area contributed by atoms with Gasteiger partial charge in [0.05, 0.1) is 5.92 Å². The number of hydrogen-bond donors (Lipinski definition) is 1. The highest BCUT2D eigenvalue weighted by Gasteiger charge is 2.62. The topological polar surface area (TPSA) is 112 Å². The van der Waals surface area contributed by atoms with Crippen LogP contribution < -0.4 is 5.14 Å². The number of pyridine rings is 1. The lowest BCUT2D eigenvalue weighted by molar-refractivity contribution is 0.368. The van der Waals surface area contributed by atoms with Gasteiger partial charge in [0.2, 0.25) is 21.7 Å². The molecule has 4 rings (SSSR count). The van der Waals surface area contributed by atoms with Crippen LogP contribution in [0.1, 0.15) is 37.3 Å². The minimum absolute atomic E-state index is 0.000380. The van der Waals surface area contributed by atoms with Gasteiger partial charge in [-0.1, -0.05) is 49.3 Å². The summed E-state index contributed by atoms with van der Waals surface area (Å²) in [6.07, 6.45) is 1.29. The highest BCUT2D eigenvalue weighted by atomic mass is 32.2. The molecule has 2 aromatic heterocycles. The maximum atomic E-state index is 11.4. The highest BCUT2D eigenvalue weighted by molar-refractivity contribution is 7.89. The van der Waals surface area contributed by atoms with Gasteiger partial charge in [-0.25, -0.2) is 13.6 Å². The molecule has 3 aromatic rings. The molecular formula is C18H18N4O3S. The van der Waals surface area contributed by atoms with Crippen LogP contribution in [-0.4, -0.2) is 23.5 Å². The summed E-state index contributed by atoms with van der Waals surface area (Å²) in [5, 5.41) is 9.21.